The van der Waals surface area contributed by atoms with Crippen LogP contribution in [0.4, 0.5) is 0 Å². The van der Waals surface area contributed by atoms with E-state index in [2.05, 4.69) is 4.72 Å². The standard InChI is InChI=1S/C22H26Cl2N2O4S/c1-3-4-19(13-25-31(2,28)29)26-20(27)14-30-22(16-7-11-18(24)12-8-16)21(26)15-5-9-17(23)10-6-15/h5-12,19,21-22,25H,3-4,13-14H2,1-2H3/t19-,21+,22-/m1/s1. The molecule has 168 valence electrons. The van der Waals surface area contributed by atoms with Crippen LogP contribution in [0.5, 0.6) is 0 Å². The normalized spacial score (nSPS) is 20.6. The average Bonchev–Trinajstić information content (AvgIpc) is 2.72. The fourth-order valence-corrected chi connectivity index (χ4v) is 4.65. The lowest BCUT2D eigenvalue weighted by molar-refractivity contribution is -0.163. The lowest BCUT2D eigenvalue weighted by atomic mass is 9.91. The highest BCUT2D eigenvalue weighted by atomic mass is 35.5. The van der Waals surface area contributed by atoms with Crippen molar-refractivity contribution >= 4 is 39.1 Å². The van der Waals surface area contributed by atoms with Crippen LogP contribution in [0.1, 0.15) is 43.0 Å². The van der Waals surface area contributed by atoms with Gasteiger partial charge in [-0.1, -0.05) is 60.8 Å². The van der Waals surface area contributed by atoms with E-state index < -0.39 is 22.2 Å². The first-order valence-corrected chi connectivity index (χ1v) is 12.7. The molecular formula is C22H26Cl2N2O4S. The van der Waals surface area contributed by atoms with Gasteiger partial charge in [-0.3, -0.25) is 4.79 Å². The van der Waals surface area contributed by atoms with Gasteiger partial charge in [-0.25, -0.2) is 13.1 Å². The third kappa shape index (κ3) is 6.20. The number of carbonyl (C=O) groups excluding carboxylic acids is 1. The second-order valence-corrected chi connectivity index (χ2v) is 10.3. The topological polar surface area (TPSA) is 75.7 Å². The van der Waals surface area contributed by atoms with Crippen molar-refractivity contribution in [3.63, 3.8) is 0 Å². The van der Waals surface area contributed by atoms with E-state index in [4.69, 9.17) is 27.9 Å². The molecule has 9 heteroatoms. The van der Waals surface area contributed by atoms with E-state index in [0.29, 0.717) is 16.5 Å². The van der Waals surface area contributed by atoms with Crippen molar-refractivity contribution in [2.75, 3.05) is 19.4 Å². The quantitative estimate of drug-likeness (QED) is 0.603. The number of benzene rings is 2. The number of ether oxygens (including phenoxy) is 1. The highest BCUT2D eigenvalue weighted by molar-refractivity contribution is 7.88. The van der Waals surface area contributed by atoms with Crippen LogP contribution in [0.15, 0.2) is 48.5 Å². The Kier molecular flexibility index (Phi) is 7.99. The van der Waals surface area contributed by atoms with E-state index >= 15 is 0 Å². The van der Waals surface area contributed by atoms with Crippen molar-refractivity contribution in [1.82, 2.24) is 9.62 Å². The average molecular weight is 485 g/mol. The van der Waals surface area contributed by atoms with Gasteiger partial charge in [0.15, 0.2) is 0 Å². The molecular weight excluding hydrogens is 459 g/mol. The van der Waals surface area contributed by atoms with Crippen molar-refractivity contribution in [2.24, 2.45) is 0 Å². The molecule has 0 aliphatic carbocycles. The Labute approximate surface area is 193 Å². The Bertz CT molecular complexity index is 997. The summed E-state index contributed by atoms with van der Waals surface area (Å²) in [6.07, 6.45) is 2.11. The summed E-state index contributed by atoms with van der Waals surface area (Å²) >= 11 is 12.2. The van der Waals surface area contributed by atoms with Crippen LogP contribution in [0.2, 0.25) is 10.0 Å². The number of rotatable bonds is 8. The summed E-state index contributed by atoms with van der Waals surface area (Å²) in [5.74, 6) is -0.182. The summed E-state index contributed by atoms with van der Waals surface area (Å²) in [4.78, 5) is 14.9. The number of hydrogen-bond donors (Lipinski definition) is 1. The van der Waals surface area contributed by atoms with Crippen LogP contribution in [0, 0.1) is 0 Å². The van der Waals surface area contributed by atoms with E-state index in [1.165, 1.54) is 0 Å². The first kappa shape index (κ1) is 24.0. The van der Waals surface area contributed by atoms with Gasteiger partial charge in [0.25, 0.3) is 0 Å². The zero-order chi connectivity index (χ0) is 22.6. The molecule has 1 amide bonds. The Morgan fingerprint density at radius 3 is 2.13 bits per heavy atom. The van der Waals surface area contributed by atoms with E-state index in [0.717, 1.165) is 23.8 Å². The van der Waals surface area contributed by atoms with Crippen LogP contribution in [0.25, 0.3) is 0 Å². The molecule has 2 aromatic rings. The van der Waals surface area contributed by atoms with Gasteiger partial charge >= 0.3 is 0 Å². The molecule has 1 heterocycles. The van der Waals surface area contributed by atoms with E-state index in [-0.39, 0.29) is 25.1 Å². The summed E-state index contributed by atoms with van der Waals surface area (Å²) in [6, 6.07) is 13.9. The van der Waals surface area contributed by atoms with Gasteiger partial charge in [0, 0.05) is 22.6 Å². The number of sulfonamides is 1. The summed E-state index contributed by atoms with van der Waals surface area (Å²) in [5.41, 5.74) is 1.74. The third-order valence-corrected chi connectivity index (χ3v) is 6.46. The second-order valence-electron chi connectivity index (χ2n) is 7.64. The van der Waals surface area contributed by atoms with Gasteiger partial charge in [-0.2, -0.15) is 0 Å². The zero-order valence-corrected chi connectivity index (χ0v) is 19.8. The van der Waals surface area contributed by atoms with Crippen LogP contribution < -0.4 is 4.72 Å². The van der Waals surface area contributed by atoms with Gasteiger partial charge in [-0.15, -0.1) is 0 Å². The number of nitrogens with zero attached hydrogens (tertiary/aromatic N) is 1. The monoisotopic (exact) mass is 484 g/mol. The lowest BCUT2D eigenvalue weighted by Crippen LogP contribution is -2.54. The molecule has 1 fully saturated rings. The molecule has 0 bridgehead atoms. The molecule has 0 saturated carbocycles. The minimum atomic E-state index is -3.40. The van der Waals surface area contributed by atoms with Crippen molar-refractivity contribution in [3.05, 3.63) is 69.7 Å². The molecule has 0 spiro atoms. The molecule has 3 rings (SSSR count). The van der Waals surface area contributed by atoms with Crippen molar-refractivity contribution < 1.29 is 17.9 Å². The Balaban J connectivity index is 2.06. The predicted molar refractivity (Wildman–Crippen MR) is 123 cm³/mol. The van der Waals surface area contributed by atoms with Crippen molar-refractivity contribution in [2.45, 2.75) is 38.0 Å². The molecule has 1 aliphatic rings. The molecule has 1 aliphatic heterocycles. The Hall–Kier alpha value is -1.64. The minimum absolute atomic E-state index is 0.0868. The first-order valence-electron chi connectivity index (χ1n) is 10.1. The van der Waals surface area contributed by atoms with Gasteiger partial charge in [0.2, 0.25) is 15.9 Å². The summed E-state index contributed by atoms with van der Waals surface area (Å²) in [6.45, 7) is 2.05. The van der Waals surface area contributed by atoms with Crippen LogP contribution >= 0.6 is 23.2 Å². The fraction of sp³-hybridized carbons (Fsp3) is 0.409. The van der Waals surface area contributed by atoms with Gasteiger partial charge < -0.3 is 9.64 Å². The molecule has 0 radical (unpaired) electrons. The molecule has 1 saturated heterocycles. The van der Waals surface area contributed by atoms with Crippen molar-refractivity contribution in [1.29, 1.82) is 0 Å². The minimum Gasteiger partial charge on any atom is -0.361 e. The predicted octanol–water partition coefficient (Wildman–Crippen LogP) is 4.35. The molecule has 0 aromatic heterocycles. The zero-order valence-electron chi connectivity index (χ0n) is 17.4. The summed E-state index contributed by atoms with van der Waals surface area (Å²) < 4.78 is 32.1. The number of carbonyl (C=O) groups is 1. The molecule has 2 aromatic carbocycles. The first-order chi connectivity index (χ1) is 14.7. The Morgan fingerprint density at radius 2 is 1.61 bits per heavy atom. The van der Waals surface area contributed by atoms with Crippen LogP contribution in [-0.4, -0.2) is 44.7 Å². The fourth-order valence-electron chi connectivity index (χ4n) is 3.91. The smallest absolute Gasteiger partial charge is 0.249 e. The SMILES string of the molecule is CCC[C@H](CNS(C)(=O)=O)N1C(=O)CO[C@H](c2ccc(Cl)cc2)[C@@H]1c1ccc(Cl)cc1. The molecule has 3 atom stereocenters. The highest BCUT2D eigenvalue weighted by Gasteiger charge is 2.42. The third-order valence-electron chi connectivity index (χ3n) is 5.27. The van der Waals surface area contributed by atoms with Gasteiger partial charge in [-0.05, 0) is 41.8 Å². The van der Waals surface area contributed by atoms with Crippen LogP contribution in [-0.2, 0) is 19.6 Å². The maximum atomic E-state index is 13.1. The molecule has 6 nitrogen and oxygen atoms in total. The summed E-state index contributed by atoms with van der Waals surface area (Å²) in [7, 11) is -3.40. The summed E-state index contributed by atoms with van der Waals surface area (Å²) in [5, 5.41) is 1.20. The second kappa shape index (κ2) is 10.3. The van der Waals surface area contributed by atoms with E-state index in [9.17, 15) is 13.2 Å². The van der Waals surface area contributed by atoms with Crippen molar-refractivity contribution in [3.8, 4) is 0 Å². The maximum absolute atomic E-state index is 13.1. The molecule has 31 heavy (non-hydrogen) atoms. The number of hydrogen-bond acceptors (Lipinski definition) is 4. The maximum Gasteiger partial charge on any atom is 0.249 e. The number of halogens is 2. The van der Waals surface area contributed by atoms with Crippen LogP contribution in [0.3, 0.4) is 0 Å². The van der Waals surface area contributed by atoms with Gasteiger partial charge in [0.05, 0.1) is 12.3 Å². The molecule has 0 unspecified atom stereocenters. The van der Waals surface area contributed by atoms with E-state index in [1.54, 1.807) is 29.2 Å². The number of amides is 1. The largest absolute Gasteiger partial charge is 0.361 e. The van der Waals surface area contributed by atoms with Gasteiger partial charge in [0.1, 0.15) is 12.7 Å². The Morgan fingerprint density at radius 1 is 1.06 bits per heavy atom. The van der Waals surface area contributed by atoms with E-state index in [1.807, 2.05) is 31.2 Å². The molecule has 1 N–H and O–H groups in total. The lowest BCUT2D eigenvalue weighted by Gasteiger charge is -2.45. The number of nitrogens with one attached hydrogen (secondary N) is 1. The highest BCUT2D eigenvalue weighted by Crippen LogP contribution is 2.42. The number of morpholine rings is 1.